The van der Waals surface area contributed by atoms with Crippen LogP contribution < -0.4 is 16.0 Å². The van der Waals surface area contributed by atoms with E-state index in [4.69, 9.17) is 0 Å². The maximum absolute atomic E-state index is 3.59. The first-order chi connectivity index (χ1) is 10.9. The predicted octanol–water partition coefficient (Wildman–Crippen LogP) is 2.21. The van der Waals surface area contributed by atoms with Gasteiger partial charge in [0, 0.05) is 26.2 Å². The summed E-state index contributed by atoms with van der Waals surface area (Å²) in [4.78, 5) is 2.67. The van der Waals surface area contributed by atoms with Crippen molar-refractivity contribution in [2.24, 2.45) is 0 Å². The zero-order valence-corrected chi connectivity index (χ0v) is 15.0. The van der Waals surface area contributed by atoms with E-state index >= 15 is 0 Å². The van der Waals surface area contributed by atoms with E-state index in [2.05, 4.69) is 27.8 Å². The molecule has 3 N–H and O–H groups in total. The monoisotopic (exact) mass is 312 g/mol. The third-order valence-electron chi connectivity index (χ3n) is 4.45. The Labute approximate surface area is 138 Å². The van der Waals surface area contributed by atoms with Crippen LogP contribution in [0.2, 0.25) is 0 Å². The van der Waals surface area contributed by atoms with Gasteiger partial charge in [-0.1, -0.05) is 39.0 Å². The number of rotatable bonds is 7. The number of hydrogen-bond donors (Lipinski definition) is 3. The Balaban J connectivity index is 2.13. The van der Waals surface area contributed by atoms with Crippen LogP contribution in [0.4, 0.5) is 0 Å². The number of nitrogens with one attached hydrogen (secondary N) is 3. The molecule has 0 bridgehead atoms. The summed E-state index contributed by atoms with van der Waals surface area (Å²) < 4.78 is 0. The minimum atomic E-state index is 1.10. The van der Waals surface area contributed by atoms with Crippen molar-refractivity contribution < 1.29 is 0 Å². The second-order valence-electron chi connectivity index (χ2n) is 6.57. The maximum Gasteiger partial charge on any atom is 0.0107 e. The SMILES string of the molecule is CCCCCCCCN1CCCNCCNCCCNCC1. The molecule has 1 heterocycles. The van der Waals surface area contributed by atoms with E-state index in [-0.39, 0.29) is 0 Å². The highest BCUT2D eigenvalue weighted by Gasteiger charge is 2.05. The van der Waals surface area contributed by atoms with Crippen molar-refractivity contribution >= 4 is 0 Å². The van der Waals surface area contributed by atoms with Crippen LogP contribution in [0.5, 0.6) is 0 Å². The molecule has 0 amide bonds. The van der Waals surface area contributed by atoms with Gasteiger partial charge in [0.15, 0.2) is 0 Å². The topological polar surface area (TPSA) is 39.3 Å². The second kappa shape index (κ2) is 15.7. The first kappa shape index (κ1) is 19.9. The normalized spacial score (nSPS) is 20.6. The highest BCUT2D eigenvalue weighted by Crippen LogP contribution is 2.06. The molecule has 1 aliphatic heterocycles. The van der Waals surface area contributed by atoms with Gasteiger partial charge in [0.25, 0.3) is 0 Å². The van der Waals surface area contributed by atoms with Crippen LogP contribution in [0.15, 0.2) is 0 Å². The van der Waals surface area contributed by atoms with Gasteiger partial charge in [0.1, 0.15) is 0 Å². The summed E-state index contributed by atoms with van der Waals surface area (Å²) in [6, 6.07) is 0. The second-order valence-corrected chi connectivity index (χ2v) is 6.57. The van der Waals surface area contributed by atoms with Gasteiger partial charge in [-0.05, 0) is 52.0 Å². The summed E-state index contributed by atoms with van der Waals surface area (Å²) >= 11 is 0. The summed E-state index contributed by atoms with van der Waals surface area (Å²) in [6.45, 7) is 12.8. The minimum absolute atomic E-state index is 1.10. The number of nitrogens with zero attached hydrogens (tertiary/aromatic N) is 1. The van der Waals surface area contributed by atoms with E-state index in [0.29, 0.717) is 0 Å². The van der Waals surface area contributed by atoms with Gasteiger partial charge in [-0.15, -0.1) is 0 Å². The van der Waals surface area contributed by atoms with Gasteiger partial charge in [0.05, 0.1) is 0 Å². The van der Waals surface area contributed by atoms with Crippen molar-refractivity contribution in [3.05, 3.63) is 0 Å². The largest absolute Gasteiger partial charge is 0.315 e. The fourth-order valence-electron chi connectivity index (χ4n) is 3.01. The molecule has 0 saturated carbocycles. The fourth-order valence-corrected chi connectivity index (χ4v) is 3.01. The smallest absolute Gasteiger partial charge is 0.0107 e. The van der Waals surface area contributed by atoms with Gasteiger partial charge in [-0.3, -0.25) is 0 Å². The minimum Gasteiger partial charge on any atom is -0.315 e. The van der Waals surface area contributed by atoms with Gasteiger partial charge < -0.3 is 20.9 Å². The highest BCUT2D eigenvalue weighted by molar-refractivity contribution is 4.64. The lowest BCUT2D eigenvalue weighted by Crippen LogP contribution is -2.37. The molecule has 0 aliphatic carbocycles. The molecule has 0 aromatic heterocycles. The molecule has 4 nitrogen and oxygen atoms in total. The Bertz CT molecular complexity index is 209. The molecule has 132 valence electrons. The Hall–Kier alpha value is -0.160. The average Bonchev–Trinajstić information content (AvgIpc) is 2.54. The molecular weight excluding hydrogens is 272 g/mol. The predicted molar refractivity (Wildman–Crippen MR) is 97.7 cm³/mol. The molecule has 0 spiro atoms. The van der Waals surface area contributed by atoms with Crippen molar-refractivity contribution in [2.75, 3.05) is 58.9 Å². The third kappa shape index (κ3) is 12.4. The van der Waals surface area contributed by atoms with E-state index < -0.39 is 0 Å². The first-order valence-corrected chi connectivity index (χ1v) is 9.78. The van der Waals surface area contributed by atoms with Gasteiger partial charge in [-0.25, -0.2) is 0 Å². The van der Waals surface area contributed by atoms with E-state index in [9.17, 15) is 0 Å². The van der Waals surface area contributed by atoms with Gasteiger partial charge >= 0.3 is 0 Å². The molecule has 0 aromatic carbocycles. The van der Waals surface area contributed by atoms with Gasteiger partial charge in [-0.2, -0.15) is 0 Å². The lowest BCUT2D eigenvalue weighted by molar-refractivity contribution is 0.261. The van der Waals surface area contributed by atoms with Gasteiger partial charge in [0.2, 0.25) is 0 Å². The Morgan fingerprint density at radius 3 is 2.05 bits per heavy atom. The van der Waals surface area contributed by atoms with Crippen LogP contribution in [0.3, 0.4) is 0 Å². The van der Waals surface area contributed by atoms with Crippen LogP contribution in [0.25, 0.3) is 0 Å². The van der Waals surface area contributed by atoms with Crippen LogP contribution >= 0.6 is 0 Å². The zero-order valence-electron chi connectivity index (χ0n) is 15.0. The molecule has 0 unspecified atom stereocenters. The molecule has 0 radical (unpaired) electrons. The third-order valence-corrected chi connectivity index (χ3v) is 4.45. The Morgan fingerprint density at radius 1 is 0.636 bits per heavy atom. The van der Waals surface area contributed by atoms with Crippen molar-refractivity contribution in [2.45, 2.75) is 58.3 Å². The van der Waals surface area contributed by atoms with Crippen LogP contribution in [-0.4, -0.2) is 63.8 Å². The quantitative estimate of drug-likeness (QED) is 0.630. The van der Waals surface area contributed by atoms with E-state index in [0.717, 1.165) is 39.3 Å². The molecule has 1 saturated heterocycles. The van der Waals surface area contributed by atoms with Crippen molar-refractivity contribution in [1.29, 1.82) is 0 Å². The lowest BCUT2D eigenvalue weighted by atomic mass is 10.1. The number of unbranched alkanes of at least 4 members (excludes halogenated alkanes) is 5. The Kier molecular flexibility index (Phi) is 14.2. The summed E-state index contributed by atoms with van der Waals surface area (Å²) in [6.07, 6.45) is 10.9. The van der Waals surface area contributed by atoms with Crippen LogP contribution in [-0.2, 0) is 0 Å². The van der Waals surface area contributed by atoms with E-state index in [1.165, 1.54) is 71.0 Å². The van der Waals surface area contributed by atoms with Crippen LogP contribution in [0.1, 0.15) is 58.3 Å². The summed E-state index contributed by atoms with van der Waals surface area (Å²) in [5.74, 6) is 0. The summed E-state index contributed by atoms with van der Waals surface area (Å²) in [5, 5.41) is 10.6. The Morgan fingerprint density at radius 2 is 1.27 bits per heavy atom. The van der Waals surface area contributed by atoms with E-state index in [1.54, 1.807) is 0 Å². The average molecular weight is 313 g/mol. The van der Waals surface area contributed by atoms with Crippen molar-refractivity contribution in [1.82, 2.24) is 20.9 Å². The van der Waals surface area contributed by atoms with Crippen molar-refractivity contribution in [3.8, 4) is 0 Å². The zero-order chi connectivity index (χ0) is 15.7. The van der Waals surface area contributed by atoms with E-state index in [1.807, 2.05) is 0 Å². The number of hydrogen-bond acceptors (Lipinski definition) is 4. The molecular formula is C18H40N4. The lowest BCUT2D eigenvalue weighted by Gasteiger charge is -2.23. The molecule has 0 atom stereocenters. The first-order valence-electron chi connectivity index (χ1n) is 9.78. The molecule has 4 heteroatoms. The standard InChI is InChI=1S/C18H40N4/c1-2-3-4-5-6-7-16-22-17-9-12-20-14-13-19-10-8-11-21-15-18-22/h19-21H,2-18H2,1H3. The van der Waals surface area contributed by atoms with Crippen LogP contribution in [0, 0.1) is 0 Å². The molecule has 1 aliphatic rings. The fraction of sp³-hybridized carbons (Fsp3) is 1.00. The van der Waals surface area contributed by atoms with Crippen molar-refractivity contribution in [3.63, 3.8) is 0 Å². The molecule has 1 rings (SSSR count). The molecule has 22 heavy (non-hydrogen) atoms. The molecule has 1 fully saturated rings. The highest BCUT2D eigenvalue weighted by atomic mass is 15.1. The molecule has 0 aromatic rings. The summed E-state index contributed by atoms with van der Waals surface area (Å²) in [7, 11) is 0. The summed E-state index contributed by atoms with van der Waals surface area (Å²) in [5.41, 5.74) is 0. The maximum atomic E-state index is 3.59.